The lowest BCUT2D eigenvalue weighted by molar-refractivity contribution is -0.117. The van der Waals surface area contributed by atoms with Gasteiger partial charge in [-0.05, 0) is 43.2 Å². The van der Waals surface area contributed by atoms with Crippen LogP contribution >= 0.6 is 0 Å². The molecule has 1 aliphatic heterocycles. The van der Waals surface area contributed by atoms with Gasteiger partial charge in [0.25, 0.3) is 5.91 Å². The Kier molecular flexibility index (Phi) is 6.37. The van der Waals surface area contributed by atoms with E-state index in [2.05, 4.69) is 22.1 Å². The monoisotopic (exact) mass is 378 g/mol. The van der Waals surface area contributed by atoms with Crippen LogP contribution < -0.4 is 11.1 Å². The second-order valence-corrected chi connectivity index (χ2v) is 6.42. The highest BCUT2D eigenvalue weighted by Gasteiger charge is 2.18. The molecule has 2 heterocycles. The van der Waals surface area contributed by atoms with Gasteiger partial charge in [-0.2, -0.15) is 0 Å². The van der Waals surface area contributed by atoms with Crippen LogP contribution in [0.1, 0.15) is 28.5 Å². The maximum Gasteiger partial charge on any atom is 0.254 e. The molecule has 0 radical (unpaired) electrons. The summed E-state index contributed by atoms with van der Waals surface area (Å²) in [5.74, 6) is 6.04. The number of nitrogens with two attached hydrogens (primary N) is 1. The van der Waals surface area contributed by atoms with Gasteiger partial charge in [-0.3, -0.25) is 9.59 Å². The number of hydrogen-bond acceptors (Lipinski definition) is 5. The standard InChI is InChI=1S/C21H22N4O3/c1-15(22)20(26)24-19-7-3-6-18(23-19)9-8-16-4-2-5-17(14-16)21(27)25-10-12-28-13-11-25/h2-7,14-15H,10-13,22H2,1H3,(H,23,24,26). The Morgan fingerprint density at radius 2 is 1.93 bits per heavy atom. The molecule has 2 amide bonds. The predicted molar refractivity (Wildman–Crippen MR) is 106 cm³/mol. The van der Waals surface area contributed by atoms with E-state index in [1.165, 1.54) is 0 Å². The Hall–Kier alpha value is -3.21. The molecule has 2 aromatic rings. The van der Waals surface area contributed by atoms with E-state index < -0.39 is 6.04 Å². The fraction of sp³-hybridized carbons (Fsp3) is 0.286. The number of ether oxygens (including phenoxy) is 1. The number of hydrogen-bond donors (Lipinski definition) is 2. The van der Waals surface area contributed by atoms with E-state index in [9.17, 15) is 9.59 Å². The zero-order chi connectivity index (χ0) is 19.9. The summed E-state index contributed by atoms with van der Waals surface area (Å²) in [6.07, 6.45) is 0. The van der Waals surface area contributed by atoms with Crippen molar-refractivity contribution in [2.24, 2.45) is 5.73 Å². The summed E-state index contributed by atoms with van der Waals surface area (Å²) < 4.78 is 5.29. The maximum atomic E-state index is 12.6. The lowest BCUT2D eigenvalue weighted by Gasteiger charge is -2.26. The molecule has 1 unspecified atom stereocenters. The van der Waals surface area contributed by atoms with Crippen molar-refractivity contribution < 1.29 is 14.3 Å². The average molecular weight is 378 g/mol. The van der Waals surface area contributed by atoms with Crippen molar-refractivity contribution in [2.45, 2.75) is 13.0 Å². The van der Waals surface area contributed by atoms with E-state index in [-0.39, 0.29) is 11.8 Å². The van der Waals surface area contributed by atoms with Gasteiger partial charge in [0.2, 0.25) is 5.91 Å². The van der Waals surface area contributed by atoms with Gasteiger partial charge in [-0.25, -0.2) is 4.98 Å². The molecule has 1 aromatic carbocycles. The number of anilines is 1. The zero-order valence-electron chi connectivity index (χ0n) is 15.6. The Bertz CT molecular complexity index is 924. The van der Waals surface area contributed by atoms with Crippen molar-refractivity contribution in [3.05, 3.63) is 59.3 Å². The molecule has 0 aliphatic carbocycles. The van der Waals surface area contributed by atoms with Gasteiger partial charge in [-0.1, -0.05) is 18.1 Å². The van der Waals surface area contributed by atoms with Crippen LogP contribution in [0.3, 0.4) is 0 Å². The summed E-state index contributed by atoms with van der Waals surface area (Å²) in [5, 5.41) is 2.64. The molecule has 3 N–H and O–H groups in total. The average Bonchev–Trinajstić information content (AvgIpc) is 2.73. The van der Waals surface area contributed by atoms with Crippen molar-refractivity contribution in [3.8, 4) is 11.8 Å². The summed E-state index contributed by atoms with van der Waals surface area (Å²) in [7, 11) is 0. The fourth-order valence-corrected chi connectivity index (χ4v) is 2.63. The van der Waals surface area contributed by atoms with Crippen LogP contribution in [-0.2, 0) is 9.53 Å². The summed E-state index contributed by atoms with van der Waals surface area (Å²) in [6.45, 7) is 3.92. The molecule has 0 bridgehead atoms. The minimum atomic E-state index is -0.622. The van der Waals surface area contributed by atoms with E-state index in [1.807, 2.05) is 12.1 Å². The number of nitrogens with one attached hydrogen (secondary N) is 1. The van der Waals surface area contributed by atoms with Gasteiger partial charge in [0.1, 0.15) is 11.5 Å². The molecule has 1 saturated heterocycles. The van der Waals surface area contributed by atoms with E-state index in [1.54, 1.807) is 42.2 Å². The Morgan fingerprint density at radius 1 is 1.18 bits per heavy atom. The molecule has 0 saturated carbocycles. The first-order valence-electron chi connectivity index (χ1n) is 9.05. The van der Waals surface area contributed by atoms with Gasteiger partial charge in [-0.15, -0.1) is 0 Å². The van der Waals surface area contributed by atoms with Crippen LogP contribution in [0.15, 0.2) is 42.5 Å². The minimum Gasteiger partial charge on any atom is -0.378 e. The molecular formula is C21H22N4O3. The third-order valence-electron chi connectivity index (χ3n) is 4.16. The van der Waals surface area contributed by atoms with E-state index >= 15 is 0 Å². The van der Waals surface area contributed by atoms with Crippen molar-refractivity contribution in [2.75, 3.05) is 31.6 Å². The van der Waals surface area contributed by atoms with Gasteiger partial charge in [0.05, 0.1) is 19.3 Å². The third kappa shape index (κ3) is 5.16. The zero-order valence-corrected chi connectivity index (χ0v) is 15.6. The smallest absolute Gasteiger partial charge is 0.254 e. The number of benzene rings is 1. The van der Waals surface area contributed by atoms with Gasteiger partial charge in [0, 0.05) is 24.2 Å². The Morgan fingerprint density at radius 3 is 2.68 bits per heavy atom. The van der Waals surface area contributed by atoms with Gasteiger partial charge >= 0.3 is 0 Å². The molecule has 1 atom stereocenters. The molecule has 1 fully saturated rings. The molecule has 1 aliphatic rings. The highest BCUT2D eigenvalue weighted by atomic mass is 16.5. The maximum absolute atomic E-state index is 12.6. The number of morpholine rings is 1. The first kappa shape index (κ1) is 19.5. The second-order valence-electron chi connectivity index (χ2n) is 6.42. The molecule has 0 spiro atoms. The highest BCUT2D eigenvalue weighted by Crippen LogP contribution is 2.10. The van der Waals surface area contributed by atoms with Gasteiger partial charge in [0.15, 0.2) is 0 Å². The number of amides is 2. The van der Waals surface area contributed by atoms with Crippen molar-refractivity contribution in [1.29, 1.82) is 0 Å². The highest BCUT2D eigenvalue weighted by molar-refractivity contribution is 5.94. The van der Waals surface area contributed by atoms with Crippen LogP contribution in [0.5, 0.6) is 0 Å². The number of rotatable bonds is 3. The Labute approximate surface area is 163 Å². The Balaban J connectivity index is 1.74. The first-order chi connectivity index (χ1) is 13.5. The number of carbonyl (C=O) groups is 2. The fourth-order valence-electron chi connectivity index (χ4n) is 2.63. The van der Waals surface area contributed by atoms with Crippen molar-refractivity contribution in [1.82, 2.24) is 9.88 Å². The summed E-state index contributed by atoms with van der Waals surface area (Å²) in [6, 6.07) is 11.8. The number of carbonyl (C=O) groups excluding carboxylic acids is 2. The second kappa shape index (κ2) is 9.13. The van der Waals surface area contributed by atoms with Crippen LogP contribution in [0.2, 0.25) is 0 Å². The quantitative estimate of drug-likeness (QED) is 0.783. The topological polar surface area (TPSA) is 97.5 Å². The molecular weight excluding hydrogens is 356 g/mol. The number of nitrogens with zero attached hydrogens (tertiary/aromatic N) is 2. The third-order valence-corrected chi connectivity index (χ3v) is 4.16. The minimum absolute atomic E-state index is 0.0225. The van der Waals surface area contributed by atoms with Crippen molar-refractivity contribution >= 4 is 17.6 Å². The molecule has 1 aromatic heterocycles. The lowest BCUT2D eigenvalue weighted by Crippen LogP contribution is -2.40. The molecule has 144 valence electrons. The van der Waals surface area contributed by atoms with Crippen LogP contribution in [-0.4, -0.2) is 54.0 Å². The van der Waals surface area contributed by atoms with E-state index in [0.29, 0.717) is 48.9 Å². The van der Waals surface area contributed by atoms with Crippen molar-refractivity contribution in [3.63, 3.8) is 0 Å². The predicted octanol–water partition coefficient (Wildman–Crippen LogP) is 1.24. The SMILES string of the molecule is CC(N)C(=O)Nc1cccc(C#Cc2cccc(C(=O)N3CCOCC3)c2)n1. The largest absolute Gasteiger partial charge is 0.378 e. The summed E-state index contributed by atoms with van der Waals surface area (Å²) in [5.41, 5.74) is 7.36. The molecule has 7 nitrogen and oxygen atoms in total. The lowest BCUT2D eigenvalue weighted by atomic mass is 10.1. The normalized spacial score (nSPS) is 14.6. The molecule has 3 rings (SSSR count). The van der Waals surface area contributed by atoms with Crippen LogP contribution in [0.25, 0.3) is 0 Å². The summed E-state index contributed by atoms with van der Waals surface area (Å²) in [4.78, 5) is 30.3. The van der Waals surface area contributed by atoms with Crippen LogP contribution in [0.4, 0.5) is 5.82 Å². The number of aromatic nitrogens is 1. The first-order valence-corrected chi connectivity index (χ1v) is 9.05. The molecule has 7 heteroatoms. The number of pyridine rings is 1. The van der Waals surface area contributed by atoms with Crippen LogP contribution in [0, 0.1) is 11.8 Å². The van der Waals surface area contributed by atoms with E-state index in [0.717, 1.165) is 0 Å². The molecule has 28 heavy (non-hydrogen) atoms. The van der Waals surface area contributed by atoms with Gasteiger partial charge < -0.3 is 20.7 Å². The summed E-state index contributed by atoms with van der Waals surface area (Å²) >= 11 is 0. The van der Waals surface area contributed by atoms with E-state index in [4.69, 9.17) is 10.5 Å².